The number of halogens is 1. The van der Waals surface area contributed by atoms with Gasteiger partial charge in [0.1, 0.15) is 5.82 Å². The van der Waals surface area contributed by atoms with Crippen LogP contribution in [0.5, 0.6) is 0 Å². The van der Waals surface area contributed by atoms with E-state index in [-0.39, 0.29) is 12.0 Å². The van der Waals surface area contributed by atoms with Crippen LogP contribution in [0.1, 0.15) is 5.56 Å². The maximum absolute atomic E-state index is 13.3. The summed E-state index contributed by atoms with van der Waals surface area (Å²) in [6.45, 7) is -0.0770. The van der Waals surface area contributed by atoms with Crippen molar-refractivity contribution in [1.29, 1.82) is 0 Å². The Bertz CT molecular complexity index is 754. The molecule has 1 aromatic carbocycles. The molecule has 104 valence electrons. The van der Waals surface area contributed by atoms with Crippen molar-refractivity contribution in [3.8, 4) is 0 Å². The normalized spacial score (nSPS) is 10.6. The van der Waals surface area contributed by atoms with Crippen LogP contribution in [0, 0.1) is 5.82 Å². The van der Waals surface area contributed by atoms with Crippen molar-refractivity contribution in [2.75, 3.05) is 0 Å². The molecule has 0 fully saturated rings. The van der Waals surface area contributed by atoms with Gasteiger partial charge >= 0.3 is 12.8 Å². The van der Waals surface area contributed by atoms with Crippen molar-refractivity contribution >= 4 is 12.6 Å². The van der Waals surface area contributed by atoms with E-state index in [1.807, 2.05) is 0 Å². The Labute approximate surface area is 113 Å². The third-order valence-electron chi connectivity index (χ3n) is 2.92. The average molecular weight is 278 g/mol. The molecule has 0 atom stereocenters. The van der Waals surface area contributed by atoms with E-state index < -0.39 is 24.2 Å². The predicted octanol–water partition coefficient (Wildman–Crippen LogP) is -1.59. The molecule has 0 amide bonds. The fourth-order valence-corrected chi connectivity index (χ4v) is 1.83. The first kappa shape index (κ1) is 14.2. The van der Waals surface area contributed by atoms with Crippen molar-refractivity contribution < 1.29 is 14.4 Å². The van der Waals surface area contributed by atoms with Crippen molar-refractivity contribution in [2.24, 2.45) is 7.05 Å². The Hall–Kier alpha value is -2.19. The van der Waals surface area contributed by atoms with Crippen molar-refractivity contribution in [3.05, 3.63) is 62.7 Å². The molecular formula is C12H12BFN2O4. The standard InChI is InChI=1S/C12H12BFN2O4/c1-15-5-4-11(17)16(12(15)18)7-8-2-3-10(14)9(6-8)13(19)20/h2-6,19-20H,7H2,1H3. The quantitative estimate of drug-likeness (QED) is 0.663. The number of aryl methyl sites for hydroxylation is 1. The molecule has 0 saturated carbocycles. The minimum Gasteiger partial charge on any atom is -0.423 e. The number of hydrogen-bond donors (Lipinski definition) is 2. The van der Waals surface area contributed by atoms with E-state index in [0.717, 1.165) is 10.6 Å². The van der Waals surface area contributed by atoms with Gasteiger partial charge in [0, 0.05) is 24.8 Å². The molecule has 0 radical (unpaired) electrons. The molecule has 1 heterocycles. The van der Waals surface area contributed by atoms with Gasteiger partial charge in [0.15, 0.2) is 0 Å². The molecule has 1 aromatic heterocycles. The Balaban J connectivity index is 2.46. The molecule has 6 nitrogen and oxygen atoms in total. The summed E-state index contributed by atoms with van der Waals surface area (Å²) in [7, 11) is -0.448. The van der Waals surface area contributed by atoms with Gasteiger partial charge in [0.05, 0.1) is 6.54 Å². The van der Waals surface area contributed by atoms with Crippen LogP contribution in [-0.2, 0) is 13.6 Å². The summed E-state index contributed by atoms with van der Waals surface area (Å²) in [4.78, 5) is 23.5. The molecule has 0 bridgehead atoms. The number of aromatic nitrogens is 2. The first-order valence-electron chi connectivity index (χ1n) is 5.81. The van der Waals surface area contributed by atoms with E-state index in [9.17, 15) is 14.0 Å². The zero-order chi connectivity index (χ0) is 14.9. The Morgan fingerprint density at radius 3 is 2.60 bits per heavy atom. The molecule has 0 saturated heterocycles. The maximum Gasteiger partial charge on any atom is 0.491 e. The van der Waals surface area contributed by atoms with Crippen molar-refractivity contribution in [1.82, 2.24) is 9.13 Å². The van der Waals surface area contributed by atoms with Gasteiger partial charge < -0.3 is 14.6 Å². The minimum absolute atomic E-state index is 0.0770. The summed E-state index contributed by atoms with van der Waals surface area (Å²) >= 11 is 0. The summed E-state index contributed by atoms with van der Waals surface area (Å²) < 4.78 is 15.5. The lowest BCUT2D eigenvalue weighted by molar-refractivity contribution is 0.423. The van der Waals surface area contributed by atoms with Crippen LogP contribution in [0.3, 0.4) is 0 Å². The molecule has 2 N–H and O–H groups in total. The van der Waals surface area contributed by atoms with Crippen molar-refractivity contribution in [2.45, 2.75) is 6.54 Å². The topological polar surface area (TPSA) is 84.5 Å². The molecule has 0 aliphatic heterocycles. The van der Waals surface area contributed by atoms with Crippen LogP contribution in [0.2, 0.25) is 0 Å². The fourth-order valence-electron chi connectivity index (χ4n) is 1.83. The van der Waals surface area contributed by atoms with Gasteiger partial charge in [0.25, 0.3) is 5.56 Å². The first-order chi connectivity index (χ1) is 9.40. The molecule has 2 rings (SSSR count). The second kappa shape index (κ2) is 5.44. The highest BCUT2D eigenvalue weighted by molar-refractivity contribution is 6.58. The lowest BCUT2D eigenvalue weighted by atomic mass is 9.79. The van der Waals surface area contributed by atoms with Gasteiger partial charge in [-0.25, -0.2) is 9.18 Å². The third-order valence-corrected chi connectivity index (χ3v) is 2.92. The Kier molecular flexibility index (Phi) is 3.87. The molecule has 20 heavy (non-hydrogen) atoms. The van der Waals surface area contributed by atoms with E-state index in [0.29, 0.717) is 5.56 Å². The van der Waals surface area contributed by atoms with Gasteiger partial charge in [0.2, 0.25) is 0 Å². The van der Waals surface area contributed by atoms with Crippen LogP contribution in [0.25, 0.3) is 0 Å². The zero-order valence-corrected chi connectivity index (χ0v) is 10.7. The SMILES string of the molecule is Cn1ccc(=O)n(Cc2ccc(F)c(B(O)O)c2)c1=O. The lowest BCUT2D eigenvalue weighted by Crippen LogP contribution is -2.39. The van der Waals surface area contributed by atoms with Gasteiger partial charge in [-0.2, -0.15) is 0 Å². The summed E-state index contributed by atoms with van der Waals surface area (Å²) in [5.74, 6) is -0.767. The second-order valence-corrected chi connectivity index (χ2v) is 4.36. The van der Waals surface area contributed by atoms with Crippen LogP contribution in [0.4, 0.5) is 4.39 Å². The smallest absolute Gasteiger partial charge is 0.423 e. The molecule has 0 aliphatic carbocycles. The van der Waals surface area contributed by atoms with Gasteiger partial charge in [-0.1, -0.05) is 12.1 Å². The molecule has 0 aliphatic rings. The lowest BCUT2D eigenvalue weighted by Gasteiger charge is -2.09. The predicted molar refractivity (Wildman–Crippen MR) is 71.3 cm³/mol. The van der Waals surface area contributed by atoms with Gasteiger partial charge in [-0.15, -0.1) is 0 Å². The van der Waals surface area contributed by atoms with Crippen molar-refractivity contribution in [3.63, 3.8) is 0 Å². The van der Waals surface area contributed by atoms with E-state index in [1.54, 1.807) is 0 Å². The molecule has 0 spiro atoms. The summed E-state index contributed by atoms with van der Waals surface area (Å²) in [5, 5.41) is 18.1. The molecular weight excluding hydrogens is 266 g/mol. The largest absolute Gasteiger partial charge is 0.491 e. The second-order valence-electron chi connectivity index (χ2n) is 4.36. The van der Waals surface area contributed by atoms with E-state index in [2.05, 4.69) is 0 Å². The number of hydrogen-bond acceptors (Lipinski definition) is 4. The Morgan fingerprint density at radius 1 is 1.25 bits per heavy atom. The first-order valence-corrected chi connectivity index (χ1v) is 5.81. The molecule has 0 unspecified atom stereocenters. The van der Waals surface area contributed by atoms with Gasteiger partial charge in [-0.3, -0.25) is 9.36 Å². The van der Waals surface area contributed by atoms with E-state index >= 15 is 0 Å². The van der Waals surface area contributed by atoms with E-state index in [1.165, 1.54) is 36.0 Å². The molecule has 2 aromatic rings. The average Bonchev–Trinajstić information content (AvgIpc) is 2.40. The Morgan fingerprint density at radius 2 is 1.95 bits per heavy atom. The van der Waals surface area contributed by atoms with Crippen LogP contribution < -0.4 is 16.7 Å². The number of benzene rings is 1. The maximum atomic E-state index is 13.3. The highest BCUT2D eigenvalue weighted by Gasteiger charge is 2.17. The monoisotopic (exact) mass is 278 g/mol. The van der Waals surface area contributed by atoms with Crippen LogP contribution >= 0.6 is 0 Å². The van der Waals surface area contributed by atoms with E-state index in [4.69, 9.17) is 10.0 Å². The summed E-state index contributed by atoms with van der Waals surface area (Å²) in [5.41, 5.74) is -0.875. The summed E-state index contributed by atoms with van der Waals surface area (Å²) in [6.07, 6.45) is 1.36. The number of rotatable bonds is 3. The number of nitrogens with zero attached hydrogens (tertiary/aromatic N) is 2. The molecule has 8 heteroatoms. The zero-order valence-electron chi connectivity index (χ0n) is 10.7. The highest BCUT2D eigenvalue weighted by atomic mass is 19.1. The van der Waals surface area contributed by atoms with Crippen LogP contribution in [-0.4, -0.2) is 26.3 Å². The summed E-state index contributed by atoms with van der Waals surface area (Å²) in [6, 6.07) is 4.88. The third kappa shape index (κ3) is 2.71. The minimum atomic E-state index is -1.95. The fraction of sp³-hybridized carbons (Fsp3) is 0.167. The van der Waals surface area contributed by atoms with Crippen LogP contribution in [0.15, 0.2) is 40.1 Å². The van der Waals surface area contributed by atoms with Gasteiger partial charge in [-0.05, 0) is 11.6 Å². The highest BCUT2D eigenvalue weighted by Crippen LogP contribution is 2.02.